The highest BCUT2D eigenvalue weighted by molar-refractivity contribution is 6.17. The number of ether oxygens (including phenoxy) is 1. The van der Waals surface area contributed by atoms with Crippen molar-refractivity contribution < 1.29 is 4.74 Å². The van der Waals surface area contributed by atoms with Gasteiger partial charge in [-0.1, -0.05) is 6.07 Å². The van der Waals surface area contributed by atoms with E-state index in [9.17, 15) is 0 Å². The average Bonchev–Trinajstić information content (AvgIpc) is 2.57. The predicted molar refractivity (Wildman–Crippen MR) is 66.2 cm³/mol. The summed E-state index contributed by atoms with van der Waals surface area (Å²) in [7, 11) is 0. The van der Waals surface area contributed by atoms with E-state index < -0.39 is 0 Å². The Morgan fingerprint density at radius 1 is 1.38 bits per heavy atom. The van der Waals surface area contributed by atoms with Crippen LogP contribution in [0.5, 0.6) is 0 Å². The lowest BCUT2D eigenvalue weighted by atomic mass is 10.2. The van der Waals surface area contributed by atoms with Crippen molar-refractivity contribution in [1.82, 2.24) is 4.98 Å². The van der Waals surface area contributed by atoms with E-state index in [0.29, 0.717) is 5.88 Å². The molecule has 1 aliphatic rings. The van der Waals surface area contributed by atoms with Crippen LogP contribution < -0.4 is 4.90 Å². The van der Waals surface area contributed by atoms with Crippen molar-refractivity contribution in [2.24, 2.45) is 0 Å². The molecule has 4 heteroatoms. The van der Waals surface area contributed by atoms with Crippen LogP contribution in [-0.4, -0.2) is 31.3 Å². The Bertz CT molecular complexity index is 349. The Kier molecular flexibility index (Phi) is 4.02. The molecular formula is C12H17ClN2O. The molecular weight excluding hydrogens is 224 g/mol. The molecule has 1 aromatic heterocycles. The van der Waals surface area contributed by atoms with Crippen LogP contribution >= 0.6 is 11.6 Å². The molecule has 1 saturated heterocycles. The van der Waals surface area contributed by atoms with Crippen molar-refractivity contribution in [3.63, 3.8) is 0 Å². The SMILES string of the molecule is Cc1nc(N2CCCOCC2)ccc1CCl. The molecule has 0 bridgehead atoms. The minimum Gasteiger partial charge on any atom is -0.380 e. The van der Waals surface area contributed by atoms with Gasteiger partial charge >= 0.3 is 0 Å². The molecule has 1 aromatic rings. The van der Waals surface area contributed by atoms with Gasteiger partial charge in [0.05, 0.1) is 6.61 Å². The highest BCUT2D eigenvalue weighted by Crippen LogP contribution is 2.17. The minimum absolute atomic E-state index is 0.530. The van der Waals surface area contributed by atoms with Gasteiger partial charge in [0.1, 0.15) is 5.82 Å². The van der Waals surface area contributed by atoms with Crippen LogP contribution in [0.25, 0.3) is 0 Å². The van der Waals surface area contributed by atoms with Crippen molar-refractivity contribution in [3.8, 4) is 0 Å². The van der Waals surface area contributed by atoms with Gasteiger partial charge in [-0.05, 0) is 25.0 Å². The van der Waals surface area contributed by atoms with Gasteiger partial charge in [0.2, 0.25) is 0 Å². The Morgan fingerprint density at radius 3 is 3.00 bits per heavy atom. The van der Waals surface area contributed by atoms with Crippen molar-refractivity contribution >= 4 is 17.4 Å². The lowest BCUT2D eigenvalue weighted by molar-refractivity contribution is 0.152. The Hall–Kier alpha value is -0.800. The zero-order chi connectivity index (χ0) is 11.4. The molecule has 16 heavy (non-hydrogen) atoms. The van der Waals surface area contributed by atoms with E-state index in [1.165, 1.54) is 0 Å². The van der Waals surface area contributed by atoms with E-state index in [0.717, 1.165) is 49.8 Å². The molecule has 1 aliphatic heterocycles. The van der Waals surface area contributed by atoms with Crippen LogP contribution in [0.1, 0.15) is 17.7 Å². The number of rotatable bonds is 2. The van der Waals surface area contributed by atoms with Gasteiger partial charge in [-0.2, -0.15) is 0 Å². The number of anilines is 1. The predicted octanol–water partition coefficient (Wildman–Crippen LogP) is 2.36. The van der Waals surface area contributed by atoms with E-state index in [1.54, 1.807) is 0 Å². The standard InChI is InChI=1S/C12H17ClN2O/c1-10-11(9-13)3-4-12(14-10)15-5-2-7-16-8-6-15/h3-4H,2,5-9H2,1H3. The molecule has 88 valence electrons. The first-order valence-corrected chi connectivity index (χ1v) is 6.20. The molecule has 0 unspecified atom stereocenters. The van der Waals surface area contributed by atoms with Gasteiger partial charge in [0.25, 0.3) is 0 Å². The Morgan fingerprint density at radius 2 is 2.25 bits per heavy atom. The van der Waals surface area contributed by atoms with Gasteiger partial charge in [0.15, 0.2) is 0 Å². The summed E-state index contributed by atoms with van der Waals surface area (Å²) in [4.78, 5) is 6.87. The first-order valence-electron chi connectivity index (χ1n) is 5.66. The van der Waals surface area contributed by atoms with E-state index in [4.69, 9.17) is 16.3 Å². The number of pyridine rings is 1. The molecule has 2 rings (SSSR count). The number of alkyl halides is 1. The summed E-state index contributed by atoms with van der Waals surface area (Å²) >= 11 is 5.82. The number of aromatic nitrogens is 1. The summed E-state index contributed by atoms with van der Waals surface area (Å²) in [6, 6.07) is 4.12. The maximum atomic E-state index is 5.82. The number of nitrogens with zero attached hydrogens (tertiary/aromatic N) is 2. The Balaban J connectivity index is 2.16. The summed E-state index contributed by atoms with van der Waals surface area (Å²) in [5.74, 6) is 1.57. The van der Waals surface area contributed by atoms with Crippen molar-refractivity contribution in [2.45, 2.75) is 19.2 Å². The molecule has 0 radical (unpaired) electrons. The fourth-order valence-electron chi connectivity index (χ4n) is 1.87. The van der Waals surface area contributed by atoms with Crippen LogP contribution in [-0.2, 0) is 10.6 Å². The molecule has 2 heterocycles. The third kappa shape index (κ3) is 2.66. The summed E-state index contributed by atoms with van der Waals surface area (Å²) in [6.07, 6.45) is 1.07. The zero-order valence-corrected chi connectivity index (χ0v) is 10.3. The maximum Gasteiger partial charge on any atom is 0.128 e. The number of hydrogen-bond donors (Lipinski definition) is 0. The van der Waals surface area contributed by atoms with E-state index in [-0.39, 0.29) is 0 Å². The quantitative estimate of drug-likeness (QED) is 0.742. The average molecular weight is 241 g/mol. The van der Waals surface area contributed by atoms with Crippen LogP contribution in [0.4, 0.5) is 5.82 Å². The summed E-state index contributed by atoms with van der Waals surface area (Å²) in [6.45, 7) is 5.60. The zero-order valence-electron chi connectivity index (χ0n) is 9.58. The van der Waals surface area contributed by atoms with Gasteiger partial charge in [-0.3, -0.25) is 0 Å². The van der Waals surface area contributed by atoms with E-state index >= 15 is 0 Å². The normalized spacial score (nSPS) is 17.2. The molecule has 0 saturated carbocycles. The first-order chi connectivity index (χ1) is 7.81. The fraction of sp³-hybridized carbons (Fsp3) is 0.583. The third-order valence-corrected chi connectivity index (χ3v) is 3.16. The van der Waals surface area contributed by atoms with E-state index in [2.05, 4.69) is 22.0 Å². The van der Waals surface area contributed by atoms with Gasteiger partial charge in [0, 0.05) is 31.3 Å². The maximum absolute atomic E-state index is 5.82. The van der Waals surface area contributed by atoms with Crippen LogP contribution in [0.15, 0.2) is 12.1 Å². The molecule has 0 N–H and O–H groups in total. The van der Waals surface area contributed by atoms with Crippen molar-refractivity contribution in [3.05, 3.63) is 23.4 Å². The van der Waals surface area contributed by atoms with Gasteiger partial charge < -0.3 is 9.64 Å². The lowest BCUT2D eigenvalue weighted by Gasteiger charge is -2.21. The Labute approximate surface area is 101 Å². The molecule has 0 aliphatic carbocycles. The number of hydrogen-bond acceptors (Lipinski definition) is 3. The second-order valence-corrected chi connectivity index (χ2v) is 4.27. The lowest BCUT2D eigenvalue weighted by Crippen LogP contribution is -2.27. The molecule has 1 fully saturated rings. The number of aryl methyl sites for hydroxylation is 1. The van der Waals surface area contributed by atoms with Gasteiger partial charge in [-0.25, -0.2) is 4.98 Å². The molecule has 0 amide bonds. The van der Waals surface area contributed by atoms with E-state index in [1.807, 2.05) is 6.92 Å². The second kappa shape index (κ2) is 5.51. The minimum atomic E-state index is 0.530. The van der Waals surface area contributed by atoms with Crippen molar-refractivity contribution in [2.75, 3.05) is 31.2 Å². The topological polar surface area (TPSA) is 25.4 Å². The molecule has 0 atom stereocenters. The highest BCUT2D eigenvalue weighted by atomic mass is 35.5. The molecule has 0 spiro atoms. The van der Waals surface area contributed by atoms with Crippen LogP contribution in [0, 0.1) is 6.92 Å². The molecule has 3 nitrogen and oxygen atoms in total. The molecule has 0 aromatic carbocycles. The van der Waals surface area contributed by atoms with Crippen LogP contribution in [0.3, 0.4) is 0 Å². The largest absolute Gasteiger partial charge is 0.380 e. The summed E-state index contributed by atoms with van der Waals surface area (Å²) < 4.78 is 5.43. The third-order valence-electron chi connectivity index (χ3n) is 2.87. The second-order valence-electron chi connectivity index (χ2n) is 4.00. The smallest absolute Gasteiger partial charge is 0.128 e. The highest BCUT2D eigenvalue weighted by Gasteiger charge is 2.11. The monoisotopic (exact) mass is 240 g/mol. The summed E-state index contributed by atoms with van der Waals surface area (Å²) in [5, 5.41) is 0. The fourth-order valence-corrected chi connectivity index (χ4v) is 2.15. The van der Waals surface area contributed by atoms with Gasteiger partial charge in [-0.15, -0.1) is 11.6 Å². The number of halogens is 1. The summed E-state index contributed by atoms with van der Waals surface area (Å²) in [5.41, 5.74) is 2.13. The van der Waals surface area contributed by atoms with Crippen molar-refractivity contribution in [1.29, 1.82) is 0 Å². The van der Waals surface area contributed by atoms with Crippen LogP contribution in [0.2, 0.25) is 0 Å². The first kappa shape index (κ1) is 11.7.